The molecule has 3 rings (SSSR count). The van der Waals surface area contributed by atoms with E-state index in [4.69, 9.17) is 4.74 Å². The number of methoxy groups -OCH3 is 1. The Kier molecular flexibility index (Phi) is 5.40. The van der Waals surface area contributed by atoms with Crippen LogP contribution in [0.4, 0.5) is 14.5 Å². The van der Waals surface area contributed by atoms with Crippen LogP contribution in [0.15, 0.2) is 58.9 Å². The molecule has 0 saturated heterocycles. The van der Waals surface area contributed by atoms with Gasteiger partial charge in [-0.15, -0.1) is 11.3 Å². The van der Waals surface area contributed by atoms with Gasteiger partial charge in [-0.05, 0) is 61.0 Å². The molecule has 130 valence electrons. The van der Waals surface area contributed by atoms with Crippen molar-refractivity contribution in [2.24, 2.45) is 4.99 Å². The highest BCUT2D eigenvalue weighted by Gasteiger charge is 2.14. The zero-order valence-electron chi connectivity index (χ0n) is 13.9. The van der Waals surface area contributed by atoms with Gasteiger partial charge in [0.1, 0.15) is 11.6 Å². The Balaban J connectivity index is 2.12. The Morgan fingerprint density at radius 3 is 2.24 bits per heavy atom. The zero-order chi connectivity index (χ0) is 17.8. The summed E-state index contributed by atoms with van der Waals surface area (Å²) in [7, 11) is 1.65. The van der Waals surface area contributed by atoms with Crippen molar-refractivity contribution in [1.29, 1.82) is 0 Å². The van der Waals surface area contributed by atoms with Gasteiger partial charge in [0.25, 0.3) is 0 Å². The number of ether oxygens (including phenoxy) is 1. The lowest BCUT2D eigenvalue weighted by atomic mass is 10.1. The summed E-state index contributed by atoms with van der Waals surface area (Å²) >= 11 is 1.48. The van der Waals surface area contributed by atoms with Crippen molar-refractivity contribution >= 4 is 17.0 Å². The van der Waals surface area contributed by atoms with Crippen LogP contribution in [0.25, 0.3) is 11.3 Å². The van der Waals surface area contributed by atoms with Crippen molar-refractivity contribution < 1.29 is 13.5 Å². The molecule has 0 fully saturated rings. The molecule has 1 heterocycles. The van der Waals surface area contributed by atoms with Gasteiger partial charge in [-0.3, -0.25) is 0 Å². The van der Waals surface area contributed by atoms with E-state index < -0.39 is 0 Å². The predicted octanol–water partition coefficient (Wildman–Crippen LogP) is 4.93. The monoisotopic (exact) mass is 360 g/mol. The van der Waals surface area contributed by atoms with Crippen LogP contribution < -0.4 is 4.80 Å². The van der Waals surface area contributed by atoms with Crippen molar-refractivity contribution in [3.05, 3.63) is 70.3 Å². The first-order chi connectivity index (χ1) is 12.1. The summed E-state index contributed by atoms with van der Waals surface area (Å²) in [5.41, 5.74) is 2.52. The molecule has 0 aliphatic carbocycles. The molecule has 0 N–H and O–H groups in total. The normalized spacial score (nSPS) is 13.2. The third kappa shape index (κ3) is 4.03. The van der Waals surface area contributed by atoms with Crippen LogP contribution in [-0.4, -0.2) is 18.3 Å². The molecule has 0 bridgehead atoms. The van der Waals surface area contributed by atoms with E-state index in [-0.39, 0.29) is 17.7 Å². The third-order valence-corrected chi connectivity index (χ3v) is 4.62. The van der Waals surface area contributed by atoms with E-state index in [0.29, 0.717) is 12.3 Å². The first-order valence-corrected chi connectivity index (χ1v) is 8.71. The Labute approximate surface area is 148 Å². The van der Waals surface area contributed by atoms with E-state index in [1.54, 1.807) is 31.4 Å². The summed E-state index contributed by atoms with van der Waals surface area (Å²) in [5, 5.41) is 1.99. The number of nitrogens with zero attached hydrogens (tertiary/aromatic N) is 2. The topological polar surface area (TPSA) is 26.5 Å². The minimum atomic E-state index is -0.294. The molecule has 2 aromatic carbocycles. The lowest BCUT2D eigenvalue weighted by molar-refractivity contribution is 0.162. The Morgan fingerprint density at radius 2 is 1.64 bits per heavy atom. The fourth-order valence-electron chi connectivity index (χ4n) is 2.60. The fourth-order valence-corrected chi connectivity index (χ4v) is 3.62. The second-order valence-electron chi connectivity index (χ2n) is 5.67. The van der Waals surface area contributed by atoms with Gasteiger partial charge in [0.05, 0.1) is 24.0 Å². The minimum absolute atomic E-state index is 0.0375. The van der Waals surface area contributed by atoms with Gasteiger partial charge < -0.3 is 9.30 Å². The van der Waals surface area contributed by atoms with Gasteiger partial charge in [-0.2, -0.15) is 0 Å². The average Bonchev–Trinajstić information content (AvgIpc) is 3.01. The average molecular weight is 360 g/mol. The molecule has 3 nitrogen and oxygen atoms in total. The van der Waals surface area contributed by atoms with Gasteiger partial charge in [-0.1, -0.05) is 0 Å². The molecule has 1 aromatic heterocycles. The number of benzene rings is 2. The zero-order valence-corrected chi connectivity index (χ0v) is 14.8. The van der Waals surface area contributed by atoms with Gasteiger partial charge in [0.2, 0.25) is 0 Å². The number of hydrogen-bond donors (Lipinski definition) is 0. The largest absolute Gasteiger partial charge is 0.383 e. The van der Waals surface area contributed by atoms with Crippen LogP contribution >= 0.6 is 11.3 Å². The number of rotatable bonds is 5. The van der Waals surface area contributed by atoms with E-state index >= 15 is 0 Å². The molecule has 0 unspecified atom stereocenters. The van der Waals surface area contributed by atoms with Gasteiger partial charge in [-0.25, -0.2) is 13.8 Å². The van der Waals surface area contributed by atoms with Gasteiger partial charge >= 0.3 is 0 Å². The molecule has 0 saturated carbocycles. The Morgan fingerprint density at radius 1 is 1.04 bits per heavy atom. The van der Waals surface area contributed by atoms with Crippen molar-refractivity contribution in [3.8, 4) is 11.3 Å². The van der Waals surface area contributed by atoms with Gasteiger partial charge in [0, 0.05) is 12.5 Å². The first-order valence-electron chi connectivity index (χ1n) is 7.83. The van der Waals surface area contributed by atoms with E-state index in [1.165, 1.54) is 35.6 Å². The predicted molar refractivity (Wildman–Crippen MR) is 95.9 cm³/mol. The lowest BCUT2D eigenvalue weighted by Gasteiger charge is -2.16. The molecular formula is C19H18F2N2OS. The van der Waals surface area contributed by atoms with Crippen molar-refractivity contribution in [1.82, 2.24) is 4.57 Å². The van der Waals surface area contributed by atoms with Crippen molar-refractivity contribution in [2.45, 2.75) is 13.0 Å². The third-order valence-electron chi connectivity index (χ3n) is 3.78. The van der Waals surface area contributed by atoms with Gasteiger partial charge in [0.15, 0.2) is 4.80 Å². The maximum Gasteiger partial charge on any atom is 0.190 e. The van der Waals surface area contributed by atoms with Crippen LogP contribution in [0.1, 0.15) is 13.0 Å². The highest BCUT2D eigenvalue weighted by atomic mass is 32.1. The molecule has 0 amide bonds. The standard InChI is InChI=1S/C19H18F2N2OS/c1-13(11-24-2)23-18(14-3-5-15(20)6-4-14)12-25-19(23)22-17-9-7-16(21)8-10-17/h3-10,12-13H,11H2,1-2H3/t13-/m0/s1. The molecule has 0 aliphatic rings. The quantitative estimate of drug-likeness (QED) is 0.633. The van der Waals surface area contributed by atoms with Crippen molar-refractivity contribution in [3.63, 3.8) is 0 Å². The van der Waals surface area contributed by atoms with E-state index in [1.807, 2.05) is 12.3 Å². The second-order valence-corrected chi connectivity index (χ2v) is 6.51. The number of hydrogen-bond acceptors (Lipinski definition) is 3. The molecule has 0 radical (unpaired) electrons. The molecule has 6 heteroatoms. The SMILES string of the molecule is COC[C@H](C)n1c(-c2ccc(F)cc2)csc1=Nc1ccc(F)cc1. The summed E-state index contributed by atoms with van der Waals surface area (Å²) < 4.78 is 33.7. The van der Waals surface area contributed by atoms with Crippen LogP contribution in [-0.2, 0) is 4.74 Å². The molecule has 25 heavy (non-hydrogen) atoms. The van der Waals surface area contributed by atoms with Crippen LogP contribution in [0.2, 0.25) is 0 Å². The lowest BCUT2D eigenvalue weighted by Crippen LogP contribution is -2.22. The summed E-state index contributed by atoms with van der Waals surface area (Å²) in [6.07, 6.45) is 0. The van der Waals surface area contributed by atoms with E-state index in [9.17, 15) is 8.78 Å². The summed E-state index contributed by atoms with van der Waals surface area (Å²) in [4.78, 5) is 5.41. The smallest absolute Gasteiger partial charge is 0.190 e. The summed E-state index contributed by atoms with van der Waals surface area (Å²) in [5.74, 6) is -0.565. The minimum Gasteiger partial charge on any atom is -0.383 e. The molecule has 0 aliphatic heterocycles. The maximum absolute atomic E-state index is 13.2. The number of thiazole rings is 1. The Bertz CT molecular complexity index is 898. The molecule has 0 spiro atoms. The molecular weight excluding hydrogens is 342 g/mol. The van der Waals surface area contributed by atoms with Crippen LogP contribution in [0.5, 0.6) is 0 Å². The number of aromatic nitrogens is 1. The second kappa shape index (κ2) is 7.72. The summed E-state index contributed by atoms with van der Waals surface area (Å²) in [6.45, 7) is 2.55. The van der Waals surface area contributed by atoms with E-state index in [2.05, 4.69) is 9.56 Å². The number of halogens is 2. The molecule has 3 aromatic rings. The fraction of sp³-hybridized carbons (Fsp3) is 0.211. The molecule has 1 atom stereocenters. The Hall–Kier alpha value is -2.31. The first kappa shape index (κ1) is 17.5. The van der Waals surface area contributed by atoms with Crippen molar-refractivity contribution in [2.75, 3.05) is 13.7 Å². The van der Waals surface area contributed by atoms with Crippen LogP contribution in [0, 0.1) is 11.6 Å². The highest BCUT2D eigenvalue weighted by Crippen LogP contribution is 2.24. The summed E-state index contributed by atoms with van der Waals surface area (Å²) in [6, 6.07) is 12.5. The maximum atomic E-state index is 13.2. The van der Waals surface area contributed by atoms with E-state index in [0.717, 1.165) is 16.1 Å². The van der Waals surface area contributed by atoms with Crippen LogP contribution in [0.3, 0.4) is 0 Å². The highest BCUT2D eigenvalue weighted by molar-refractivity contribution is 7.07.